The van der Waals surface area contributed by atoms with Crippen molar-refractivity contribution in [2.75, 3.05) is 32.9 Å². The molecule has 0 aliphatic heterocycles. The number of hydrogen-bond donors (Lipinski definition) is 0. The monoisotopic (exact) mass is 355 g/mol. The molecule has 0 radical (unpaired) electrons. The Labute approximate surface area is 148 Å². The van der Waals surface area contributed by atoms with E-state index in [0.29, 0.717) is 32.7 Å². The Morgan fingerprint density at radius 2 is 1.96 bits per heavy atom. The van der Waals surface area contributed by atoms with Crippen LogP contribution in [-0.4, -0.2) is 49.7 Å². The van der Waals surface area contributed by atoms with E-state index in [4.69, 9.17) is 9.47 Å². The third kappa shape index (κ3) is 9.03. The molecule has 0 aliphatic carbocycles. The maximum absolute atomic E-state index is 12.5. The van der Waals surface area contributed by atoms with Crippen LogP contribution >= 0.6 is 11.3 Å². The standard InChI is InChI=1S/C18H29NO4S/c1-3-5-12-22-13-7-10-19(11-9-18(21)23-4-2)17(20)15-16-8-6-14-24-16/h6,8,14H,3-5,7,9-13,15H2,1-2H3. The lowest BCUT2D eigenvalue weighted by atomic mass is 10.2. The molecule has 0 atom stereocenters. The minimum Gasteiger partial charge on any atom is -0.466 e. The SMILES string of the molecule is CCCCOCCCN(CCC(=O)OCC)C(=O)Cc1cccs1. The van der Waals surface area contributed by atoms with Gasteiger partial charge in [-0.25, -0.2) is 0 Å². The Balaban J connectivity index is 2.42. The molecule has 1 heterocycles. The van der Waals surface area contributed by atoms with Crippen LogP contribution in [0.15, 0.2) is 17.5 Å². The van der Waals surface area contributed by atoms with Gasteiger partial charge in [0.25, 0.3) is 0 Å². The Hall–Kier alpha value is -1.40. The van der Waals surface area contributed by atoms with Crippen LogP contribution < -0.4 is 0 Å². The topological polar surface area (TPSA) is 55.8 Å². The van der Waals surface area contributed by atoms with Gasteiger partial charge in [-0.15, -0.1) is 11.3 Å². The number of amides is 1. The van der Waals surface area contributed by atoms with Crippen LogP contribution in [0.5, 0.6) is 0 Å². The molecule has 1 rings (SSSR count). The van der Waals surface area contributed by atoms with E-state index in [2.05, 4.69) is 6.92 Å². The van der Waals surface area contributed by atoms with Gasteiger partial charge in [0.2, 0.25) is 5.91 Å². The van der Waals surface area contributed by atoms with Gasteiger partial charge in [0.05, 0.1) is 19.4 Å². The van der Waals surface area contributed by atoms with E-state index >= 15 is 0 Å². The molecule has 0 aromatic carbocycles. The fraction of sp³-hybridized carbons (Fsp3) is 0.667. The van der Waals surface area contributed by atoms with Crippen molar-refractivity contribution in [3.63, 3.8) is 0 Å². The van der Waals surface area contributed by atoms with Crippen LogP contribution in [0, 0.1) is 0 Å². The molecular weight excluding hydrogens is 326 g/mol. The average Bonchev–Trinajstić information content (AvgIpc) is 3.06. The molecule has 1 amide bonds. The van der Waals surface area contributed by atoms with Crippen molar-refractivity contribution in [2.45, 2.75) is 46.0 Å². The first-order valence-electron chi connectivity index (χ1n) is 8.70. The molecule has 1 aromatic heterocycles. The molecule has 0 fully saturated rings. The van der Waals surface area contributed by atoms with Gasteiger partial charge < -0.3 is 14.4 Å². The Kier molecular flexibility index (Phi) is 11.1. The number of carbonyl (C=O) groups is 2. The third-order valence-corrected chi connectivity index (χ3v) is 4.38. The number of ether oxygens (including phenoxy) is 2. The third-order valence-electron chi connectivity index (χ3n) is 3.51. The Bertz CT molecular complexity index is 462. The summed E-state index contributed by atoms with van der Waals surface area (Å²) in [6.45, 7) is 6.70. The van der Waals surface area contributed by atoms with Gasteiger partial charge in [-0.3, -0.25) is 9.59 Å². The summed E-state index contributed by atoms with van der Waals surface area (Å²) in [7, 11) is 0. The van der Waals surface area contributed by atoms with E-state index in [0.717, 1.165) is 30.7 Å². The molecular formula is C18H29NO4S. The predicted molar refractivity (Wildman–Crippen MR) is 96.2 cm³/mol. The van der Waals surface area contributed by atoms with Crippen molar-refractivity contribution >= 4 is 23.2 Å². The van der Waals surface area contributed by atoms with Crippen molar-refractivity contribution in [1.29, 1.82) is 0 Å². The zero-order chi connectivity index (χ0) is 17.6. The molecule has 0 bridgehead atoms. The van der Waals surface area contributed by atoms with Crippen LogP contribution in [0.4, 0.5) is 0 Å². The summed E-state index contributed by atoms with van der Waals surface area (Å²) in [6.07, 6.45) is 3.58. The number of rotatable bonds is 13. The summed E-state index contributed by atoms with van der Waals surface area (Å²) < 4.78 is 10.5. The molecule has 24 heavy (non-hydrogen) atoms. The lowest BCUT2D eigenvalue weighted by Gasteiger charge is -2.22. The van der Waals surface area contributed by atoms with Gasteiger partial charge in [0, 0.05) is 31.2 Å². The van der Waals surface area contributed by atoms with E-state index < -0.39 is 0 Å². The Morgan fingerprint density at radius 3 is 2.62 bits per heavy atom. The summed E-state index contributed by atoms with van der Waals surface area (Å²) in [5.41, 5.74) is 0. The van der Waals surface area contributed by atoms with E-state index in [1.54, 1.807) is 23.2 Å². The highest BCUT2D eigenvalue weighted by Gasteiger charge is 2.16. The average molecular weight is 356 g/mol. The smallest absolute Gasteiger partial charge is 0.307 e. The zero-order valence-corrected chi connectivity index (χ0v) is 15.6. The summed E-state index contributed by atoms with van der Waals surface area (Å²) in [5.74, 6) is -0.207. The fourth-order valence-corrected chi connectivity index (χ4v) is 2.90. The highest BCUT2D eigenvalue weighted by Crippen LogP contribution is 2.11. The molecule has 0 saturated heterocycles. The van der Waals surface area contributed by atoms with Crippen LogP contribution in [0.3, 0.4) is 0 Å². The summed E-state index contributed by atoms with van der Waals surface area (Å²) in [5, 5.41) is 1.97. The number of hydrogen-bond acceptors (Lipinski definition) is 5. The van der Waals surface area contributed by atoms with Gasteiger partial charge in [-0.05, 0) is 31.2 Å². The van der Waals surface area contributed by atoms with Crippen LogP contribution in [0.1, 0.15) is 44.4 Å². The zero-order valence-electron chi connectivity index (χ0n) is 14.8. The van der Waals surface area contributed by atoms with Crippen molar-refractivity contribution in [2.24, 2.45) is 0 Å². The second-order valence-electron chi connectivity index (χ2n) is 5.51. The quantitative estimate of drug-likeness (QED) is 0.402. The second kappa shape index (κ2) is 13.0. The summed E-state index contributed by atoms with van der Waals surface area (Å²) in [4.78, 5) is 26.8. The first-order valence-corrected chi connectivity index (χ1v) is 9.58. The van der Waals surface area contributed by atoms with Gasteiger partial charge >= 0.3 is 5.97 Å². The fourth-order valence-electron chi connectivity index (χ4n) is 2.20. The van der Waals surface area contributed by atoms with Gasteiger partial charge in [-0.2, -0.15) is 0 Å². The van der Waals surface area contributed by atoms with Gasteiger partial charge in [-0.1, -0.05) is 19.4 Å². The lowest BCUT2D eigenvalue weighted by Crippen LogP contribution is -2.35. The summed E-state index contributed by atoms with van der Waals surface area (Å²) in [6, 6.07) is 3.90. The number of thiophene rings is 1. The molecule has 1 aromatic rings. The number of esters is 1. The molecule has 136 valence electrons. The molecule has 0 aliphatic rings. The number of unbranched alkanes of at least 4 members (excludes halogenated alkanes) is 1. The molecule has 0 saturated carbocycles. The number of carbonyl (C=O) groups excluding carboxylic acids is 2. The van der Waals surface area contributed by atoms with Gasteiger partial charge in [0.15, 0.2) is 0 Å². The lowest BCUT2D eigenvalue weighted by molar-refractivity contribution is -0.144. The minimum absolute atomic E-state index is 0.0512. The molecule has 6 heteroatoms. The first-order chi connectivity index (χ1) is 11.7. The van der Waals surface area contributed by atoms with E-state index in [1.807, 2.05) is 17.5 Å². The van der Waals surface area contributed by atoms with Crippen LogP contribution in [-0.2, 0) is 25.5 Å². The molecule has 0 unspecified atom stereocenters. The largest absolute Gasteiger partial charge is 0.466 e. The normalized spacial score (nSPS) is 10.6. The predicted octanol–water partition coefficient (Wildman–Crippen LogP) is 3.28. The van der Waals surface area contributed by atoms with E-state index in [9.17, 15) is 9.59 Å². The first kappa shape index (κ1) is 20.6. The van der Waals surface area contributed by atoms with Crippen molar-refractivity contribution < 1.29 is 19.1 Å². The summed E-state index contributed by atoms with van der Waals surface area (Å²) >= 11 is 1.57. The maximum Gasteiger partial charge on any atom is 0.307 e. The second-order valence-corrected chi connectivity index (χ2v) is 6.54. The van der Waals surface area contributed by atoms with Crippen LogP contribution in [0.2, 0.25) is 0 Å². The minimum atomic E-state index is -0.259. The molecule has 0 N–H and O–H groups in total. The number of nitrogens with zero attached hydrogens (tertiary/aromatic N) is 1. The van der Waals surface area contributed by atoms with Crippen molar-refractivity contribution in [1.82, 2.24) is 4.90 Å². The Morgan fingerprint density at radius 1 is 1.17 bits per heavy atom. The van der Waals surface area contributed by atoms with E-state index in [1.165, 1.54) is 0 Å². The highest BCUT2D eigenvalue weighted by atomic mass is 32.1. The maximum atomic E-state index is 12.5. The van der Waals surface area contributed by atoms with Gasteiger partial charge in [0.1, 0.15) is 0 Å². The highest BCUT2D eigenvalue weighted by molar-refractivity contribution is 7.10. The van der Waals surface area contributed by atoms with Crippen LogP contribution in [0.25, 0.3) is 0 Å². The molecule has 5 nitrogen and oxygen atoms in total. The van der Waals surface area contributed by atoms with Crippen molar-refractivity contribution in [3.05, 3.63) is 22.4 Å². The molecule has 0 spiro atoms. The van der Waals surface area contributed by atoms with Crippen molar-refractivity contribution in [3.8, 4) is 0 Å². The van der Waals surface area contributed by atoms with E-state index in [-0.39, 0.29) is 18.3 Å².